The van der Waals surface area contributed by atoms with E-state index in [1.54, 1.807) is 4.90 Å². The normalized spacial score (nSPS) is 16.6. The summed E-state index contributed by atoms with van der Waals surface area (Å²) in [6, 6.07) is 6.69. The number of hydrogen-bond acceptors (Lipinski definition) is 7. The molecule has 0 atom stereocenters. The van der Waals surface area contributed by atoms with Crippen molar-refractivity contribution in [1.82, 2.24) is 9.47 Å². The Bertz CT molecular complexity index is 1260. The van der Waals surface area contributed by atoms with Crippen molar-refractivity contribution in [3.63, 3.8) is 0 Å². The zero-order valence-corrected chi connectivity index (χ0v) is 19.7. The van der Waals surface area contributed by atoms with E-state index in [0.29, 0.717) is 11.3 Å². The quantitative estimate of drug-likeness (QED) is 0.625. The van der Waals surface area contributed by atoms with Gasteiger partial charge >= 0.3 is 5.97 Å². The van der Waals surface area contributed by atoms with E-state index in [1.807, 2.05) is 0 Å². The standard InChI is InChI=1S/C23H27N3O7S/c1-32-23(29)21-18-10-11-25(22(28)15-6-8-17(9-7-15)34(24,30)31)12-13-26(18)20(27)14-19(21)33-16-4-2-3-5-16/h6-9,14,16H,2-5,10-13H2,1H3,(H2,24,30,31). The summed E-state index contributed by atoms with van der Waals surface area (Å²) >= 11 is 0. The van der Waals surface area contributed by atoms with E-state index in [4.69, 9.17) is 14.6 Å². The minimum Gasteiger partial charge on any atom is -0.489 e. The molecule has 1 saturated carbocycles. The van der Waals surface area contributed by atoms with E-state index in [0.717, 1.165) is 25.7 Å². The van der Waals surface area contributed by atoms with E-state index >= 15 is 0 Å². The maximum Gasteiger partial charge on any atom is 0.343 e. The van der Waals surface area contributed by atoms with Crippen LogP contribution in [0.1, 0.15) is 52.1 Å². The predicted molar refractivity (Wildman–Crippen MR) is 122 cm³/mol. The molecule has 1 aromatic heterocycles. The summed E-state index contributed by atoms with van der Waals surface area (Å²) in [6.07, 6.45) is 4.02. The van der Waals surface area contributed by atoms with Crippen molar-refractivity contribution >= 4 is 21.9 Å². The SMILES string of the molecule is COC(=O)c1c(OC2CCCC2)cc(=O)n2c1CCN(C(=O)c1ccc(S(N)(=O)=O)cc1)CC2. The van der Waals surface area contributed by atoms with Crippen LogP contribution >= 0.6 is 0 Å². The molecule has 0 spiro atoms. The number of fused-ring (bicyclic) bond motifs is 1. The van der Waals surface area contributed by atoms with Crippen molar-refractivity contribution in [1.29, 1.82) is 0 Å². The molecule has 2 heterocycles. The topological polar surface area (TPSA) is 138 Å². The van der Waals surface area contributed by atoms with Gasteiger partial charge in [-0.05, 0) is 49.9 Å². The molecule has 4 rings (SSSR count). The third-order valence-corrected chi connectivity index (χ3v) is 7.23. The number of nitrogens with zero attached hydrogens (tertiary/aromatic N) is 2. The van der Waals surface area contributed by atoms with Crippen LogP contribution in [0.3, 0.4) is 0 Å². The number of carbonyl (C=O) groups excluding carboxylic acids is 2. The lowest BCUT2D eigenvalue weighted by molar-refractivity contribution is 0.0590. The van der Waals surface area contributed by atoms with Crippen LogP contribution in [-0.4, -0.2) is 56.1 Å². The molecule has 0 radical (unpaired) electrons. The number of hydrogen-bond donors (Lipinski definition) is 1. The summed E-state index contributed by atoms with van der Waals surface area (Å²) in [5.74, 6) is -0.674. The second-order valence-electron chi connectivity index (χ2n) is 8.45. The zero-order chi connectivity index (χ0) is 24.5. The summed E-state index contributed by atoms with van der Waals surface area (Å²) in [5.41, 5.74) is 0.694. The number of ether oxygens (including phenoxy) is 2. The van der Waals surface area contributed by atoms with Crippen molar-refractivity contribution in [2.45, 2.75) is 49.6 Å². The van der Waals surface area contributed by atoms with Crippen LogP contribution in [-0.2, 0) is 27.7 Å². The van der Waals surface area contributed by atoms with E-state index < -0.39 is 16.0 Å². The van der Waals surface area contributed by atoms with Gasteiger partial charge < -0.3 is 18.9 Å². The molecule has 1 amide bonds. The first-order valence-corrected chi connectivity index (χ1v) is 12.7. The van der Waals surface area contributed by atoms with Gasteiger partial charge in [0.05, 0.1) is 18.1 Å². The minimum atomic E-state index is -3.86. The van der Waals surface area contributed by atoms with E-state index in [2.05, 4.69) is 0 Å². The summed E-state index contributed by atoms with van der Waals surface area (Å²) in [6.45, 7) is 0.696. The van der Waals surface area contributed by atoms with Crippen LogP contribution in [0.25, 0.3) is 0 Å². The van der Waals surface area contributed by atoms with Gasteiger partial charge in [0.25, 0.3) is 11.5 Å². The summed E-state index contributed by atoms with van der Waals surface area (Å²) < 4.78 is 35.5. The maximum atomic E-state index is 13.1. The second kappa shape index (κ2) is 9.59. The number of pyridine rings is 1. The number of rotatable bonds is 5. The molecule has 0 unspecified atom stereocenters. The molecular formula is C23H27N3O7S. The zero-order valence-electron chi connectivity index (χ0n) is 18.9. The number of amides is 1. The number of carbonyl (C=O) groups is 2. The Hall–Kier alpha value is -3.18. The van der Waals surface area contributed by atoms with Gasteiger partial charge in [-0.25, -0.2) is 18.4 Å². The lowest BCUT2D eigenvalue weighted by atomic mass is 10.1. The number of benzene rings is 1. The fourth-order valence-corrected chi connectivity index (χ4v) is 5.04. The number of aromatic nitrogens is 1. The van der Waals surface area contributed by atoms with E-state index in [1.165, 1.54) is 42.0 Å². The van der Waals surface area contributed by atoms with Gasteiger partial charge in [-0.2, -0.15) is 0 Å². The molecule has 1 aromatic carbocycles. The van der Waals surface area contributed by atoms with Gasteiger partial charge in [-0.15, -0.1) is 0 Å². The van der Waals surface area contributed by atoms with Gasteiger partial charge in [-0.3, -0.25) is 9.59 Å². The largest absolute Gasteiger partial charge is 0.489 e. The molecule has 1 aliphatic carbocycles. The van der Waals surface area contributed by atoms with Gasteiger partial charge in [0.15, 0.2) is 0 Å². The lowest BCUT2D eigenvalue weighted by Crippen LogP contribution is -2.34. The molecule has 2 aliphatic rings. The summed E-state index contributed by atoms with van der Waals surface area (Å²) in [5, 5.41) is 5.12. The number of primary sulfonamides is 1. The molecule has 2 N–H and O–H groups in total. The molecule has 0 bridgehead atoms. The van der Waals surface area contributed by atoms with Gasteiger partial charge in [0.1, 0.15) is 11.3 Å². The highest BCUT2D eigenvalue weighted by molar-refractivity contribution is 7.89. The van der Waals surface area contributed by atoms with Crippen molar-refractivity contribution < 1.29 is 27.5 Å². The Morgan fingerprint density at radius 2 is 1.74 bits per heavy atom. The second-order valence-corrected chi connectivity index (χ2v) is 10.0. The summed E-state index contributed by atoms with van der Waals surface area (Å²) in [4.78, 5) is 40.1. The number of esters is 1. The molecular weight excluding hydrogens is 462 g/mol. The molecule has 1 aliphatic heterocycles. The Morgan fingerprint density at radius 1 is 1.06 bits per heavy atom. The fourth-order valence-electron chi connectivity index (χ4n) is 4.52. The molecule has 2 aromatic rings. The highest BCUT2D eigenvalue weighted by Gasteiger charge is 2.29. The molecule has 10 nitrogen and oxygen atoms in total. The minimum absolute atomic E-state index is 0.0463. The fraction of sp³-hybridized carbons (Fsp3) is 0.435. The van der Waals surface area contributed by atoms with Crippen molar-refractivity contribution in [3.8, 4) is 5.75 Å². The first-order valence-electron chi connectivity index (χ1n) is 11.1. The van der Waals surface area contributed by atoms with Gasteiger partial charge in [0.2, 0.25) is 10.0 Å². The molecule has 182 valence electrons. The highest BCUT2D eigenvalue weighted by Crippen LogP contribution is 2.29. The Kier molecular flexibility index (Phi) is 6.76. The Balaban J connectivity index is 1.62. The molecule has 11 heteroatoms. The van der Waals surface area contributed by atoms with E-state index in [9.17, 15) is 22.8 Å². The number of sulfonamides is 1. The maximum absolute atomic E-state index is 13.1. The molecule has 1 fully saturated rings. The average molecular weight is 490 g/mol. The van der Waals surface area contributed by atoms with Crippen molar-refractivity contribution in [3.05, 3.63) is 57.5 Å². The van der Waals surface area contributed by atoms with Gasteiger partial charge in [-0.1, -0.05) is 0 Å². The number of methoxy groups -OCH3 is 1. The lowest BCUT2D eigenvalue weighted by Gasteiger charge is -2.20. The third kappa shape index (κ3) is 4.85. The monoisotopic (exact) mass is 489 g/mol. The van der Waals surface area contributed by atoms with E-state index in [-0.39, 0.29) is 59.8 Å². The highest BCUT2D eigenvalue weighted by atomic mass is 32.2. The number of nitrogens with two attached hydrogens (primary N) is 1. The Labute approximate surface area is 197 Å². The van der Waals surface area contributed by atoms with Crippen molar-refractivity contribution in [2.75, 3.05) is 20.2 Å². The third-order valence-electron chi connectivity index (χ3n) is 6.30. The summed E-state index contributed by atoms with van der Waals surface area (Å²) in [7, 11) is -2.58. The van der Waals surface area contributed by atoms with Crippen LogP contribution < -0.4 is 15.4 Å². The smallest absolute Gasteiger partial charge is 0.343 e. The average Bonchev–Trinajstić information content (AvgIpc) is 3.21. The van der Waals surface area contributed by atoms with Crippen LogP contribution in [0.2, 0.25) is 0 Å². The molecule has 0 saturated heterocycles. The van der Waals surface area contributed by atoms with Crippen LogP contribution in [0.15, 0.2) is 40.0 Å². The first kappa shape index (κ1) is 24.0. The Morgan fingerprint density at radius 3 is 2.35 bits per heavy atom. The van der Waals surface area contributed by atoms with Crippen LogP contribution in [0.5, 0.6) is 5.75 Å². The predicted octanol–water partition coefficient (Wildman–Crippen LogP) is 1.30. The molecule has 34 heavy (non-hydrogen) atoms. The van der Waals surface area contributed by atoms with Crippen molar-refractivity contribution in [2.24, 2.45) is 5.14 Å². The first-order chi connectivity index (χ1) is 16.2. The van der Waals surface area contributed by atoms with Gasteiger partial charge in [0, 0.05) is 43.4 Å². The van der Waals surface area contributed by atoms with Crippen LogP contribution in [0.4, 0.5) is 0 Å². The van der Waals surface area contributed by atoms with Crippen LogP contribution in [0, 0.1) is 0 Å².